The maximum Gasteiger partial charge on any atom is 0.224 e. The second kappa shape index (κ2) is 5.85. The second-order valence-electron chi connectivity index (χ2n) is 5.56. The fraction of sp³-hybridized carbons (Fsp3) is 0.467. The molecule has 0 saturated carbocycles. The molecule has 0 radical (unpaired) electrons. The Labute approximate surface area is 133 Å². The van der Waals surface area contributed by atoms with E-state index in [1.807, 2.05) is 21.6 Å². The van der Waals surface area contributed by atoms with Crippen molar-refractivity contribution in [1.29, 1.82) is 0 Å². The predicted molar refractivity (Wildman–Crippen MR) is 84.5 cm³/mol. The molecule has 2 heterocycles. The Morgan fingerprint density at radius 3 is 2.95 bits per heavy atom. The van der Waals surface area contributed by atoms with Crippen LogP contribution in [0, 0.1) is 5.92 Å². The molecule has 6 heteroatoms. The van der Waals surface area contributed by atoms with Crippen LogP contribution >= 0.6 is 23.2 Å². The average Bonchev–Trinajstić information content (AvgIpc) is 2.93. The van der Waals surface area contributed by atoms with Gasteiger partial charge in [-0.2, -0.15) is 0 Å². The number of amides is 1. The lowest BCUT2D eigenvalue weighted by atomic mass is 10.0. The number of likely N-dealkylation sites (tertiary alicyclic amines) is 1. The summed E-state index contributed by atoms with van der Waals surface area (Å²) in [5, 5.41) is 1.02. The number of hydrogen-bond donors (Lipinski definition) is 0. The van der Waals surface area contributed by atoms with Crippen LogP contribution in [0.4, 0.5) is 0 Å². The predicted octanol–water partition coefficient (Wildman–Crippen LogP) is 3.95. The number of hydrogen-bond acceptors (Lipinski definition) is 2. The van der Waals surface area contributed by atoms with Crippen molar-refractivity contribution in [2.45, 2.75) is 32.9 Å². The number of aromatic nitrogens is 2. The molecular formula is C15H17Cl2N3O. The van der Waals surface area contributed by atoms with Gasteiger partial charge in [-0.1, -0.05) is 24.9 Å². The molecule has 1 unspecified atom stereocenters. The van der Waals surface area contributed by atoms with Gasteiger partial charge in [-0.3, -0.25) is 9.36 Å². The van der Waals surface area contributed by atoms with E-state index in [1.165, 1.54) is 0 Å². The van der Waals surface area contributed by atoms with Crippen LogP contribution < -0.4 is 0 Å². The van der Waals surface area contributed by atoms with Crippen LogP contribution in [0.2, 0.25) is 10.3 Å². The second-order valence-corrected chi connectivity index (χ2v) is 6.33. The Bertz CT molecular complexity index is 683. The van der Waals surface area contributed by atoms with E-state index in [1.54, 1.807) is 6.07 Å². The molecule has 1 atom stereocenters. The zero-order chi connectivity index (χ0) is 15.0. The largest absolute Gasteiger partial charge is 0.324 e. The van der Waals surface area contributed by atoms with Crippen molar-refractivity contribution >= 4 is 40.1 Å². The number of carbonyl (C=O) groups excluding carboxylic acids is 1. The molecule has 3 rings (SSSR count). The van der Waals surface area contributed by atoms with Crippen molar-refractivity contribution in [2.75, 3.05) is 6.54 Å². The summed E-state index contributed by atoms with van der Waals surface area (Å²) in [7, 11) is 0. The van der Waals surface area contributed by atoms with Gasteiger partial charge in [0.15, 0.2) is 0 Å². The van der Waals surface area contributed by atoms with Crippen molar-refractivity contribution in [1.82, 2.24) is 14.5 Å². The van der Waals surface area contributed by atoms with Gasteiger partial charge < -0.3 is 4.90 Å². The minimum absolute atomic E-state index is 0.188. The molecule has 1 aliphatic heterocycles. The number of carbonyl (C=O) groups is 1. The number of benzene rings is 1. The van der Waals surface area contributed by atoms with E-state index in [-0.39, 0.29) is 5.91 Å². The van der Waals surface area contributed by atoms with E-state index < -0.39 is 0 Å². The summed E-state index contributed by atoms with van der Waals surface area (Å²) in [6.45, 7) is 3.38. The van der Waals surface area contributed by atoms with Crippen molar-refractivity contribution < 1.29 is 4.79 Å². The van der Waals surface area contributed by atoms with Gasteiger partial charge in [0.05, 0.1) is 11.0 Å². The molecule has 21 heavy (non-hydrogen) atoms. The monoisotopic (exact) mass is 325 g/mol. The zero-order valence-corrected chi connectivity index (χ0v) is 13.4. The molecule has 1 amide bonds. The van der Waals surface area contributed by atoms with Crippen LogP contribution in [-0.2, 0) is 11.5 Å². The highest BCUT2D eigenvalue weighted by Gasteiger charge is 2.29. The molecule has 0 spiro atoms. The summed E-state index contributed by atoms with van der Waals surface area (Å²) < 4.78 is 1.84. The Kier molecular flexibility index (Phi) is 4.09. The quantitative estimate of drug-likeness (QED) is 0.853. The lowest BCUT2D eigenvalue weighted by molar-refractivity contribution is -0.129. The first-order chi connectivity index (χ1) is 10.1. The normalized spacial score (nSPS) is 18.9. The first-order valence-corrected chi connectivity index (χ1v) is 7.93. The highest BCUT2D eigenvalue weighted by molar-refractivity contribution is 6.31. The van der Waals surface area contributed by atoms with Gasteiger partial charge in [-0.25, -0.2) is 4.98 Å². The van der Waals surface area contributed by atoms with Crippen molar-refractivity contribution in [3.8, 4) is 0 Å². The Morgan fingerprint density at radius 2 is 2.19 bits per heavy atom. The number of rotatable bonds is 4. The third-order valence-electron chi connectivity index (χ3n) is 3.97. The lowest BCUT2D eigenvalue weighted by Crippen LogP contribution is -2.28. The number of halogens is 2. The molecule has 1 aromatic carbocycles. The molecule has 1 saturated heterocycles. The van der Waals surface area contributed by atoms with E-state index in [0.29, 0.717) is 29.3 Å². The fourth-order valence-electron chi connectivity index (χ4n) is 2.96. The van der Waals surface area contributed by atoms with Crippen LogP contribution in [0.25, 0.3) is 11.0 Å². The molecule has 1 aliphatic rings. The minimum Gasteiger partial charge on any atom is -0.324 e. The number of imidazole rings is 1. The zero-order valence-electron chi connectivity index (χ0n) is 11.9. The first kappa shape index (κ1) is 14.7. The highest BCUT2D eigenvalue weighted by Crippen LogP contribution is 2.27. The molecule has 1 aromatic heterocycles. The highest BCUT2D eigenvalue weighted by atomic mass is 35.5. The summed E-state index contributed by atoms with van der Waals surface area (Å²) in [6, 6.07) is 5.46. The number of nitrogens with zero attached hydrogens (tertiary/aromatic N) is 3. The van der Waals surface area contributed by atoms with E-state index in [0.717, 1.165) is 30.4 Å². The molecule has 0 bridgehead atoms. The molecular weight excluding hydrogens is 309 g/mol. The van der Waals surface area contributed by atoms with Crippen LogP contribution in [0.5, 0.6) is 0 Å². The third-order valence-corrected chi connectivity index (χ3v) is 4.49. The van der Waals surface area contributed by atoms with Gasteiger partial charge in [0.1, 0.15) is 6.67 Å². The van der Waals surface area contributed by atoms with E-state index >= 15 is 0 Å². The summed E-state index contributed by atoms with van der Waals surface area (Å²) in [5.41, 5.74) is 1.65. The summed E-state index contributed by atoms with van der Waals surface area (Å²) in [5.74, 6) is 0.646. The van der Waals surface area contributed by atoms with Gasteiger partial charge in [-0.15, -0.1) is 0 Å². The van der Waals surface area contributed by atoms with E-state index in [4.69, 9.17) is 23.2 Å². The van der Waals surface area contributed by atoms with Crippen molar-refractivity contribution in [3.05, 3.63) is 28.5 Å². The SMILES string of the molecule is CCCC1CC(=O)N(Cn2c(Cl)nc3ccc(Cl)cc32)C1. The summed E-state index contributed by atoms with van der Waals surface area (Å²) >= 11 is 12.3. The molecule has 0 N–H and O–H groups in total. The van der Waals surface area contributed by atoms with Crippen molar-refractivity contribution in [3.63, 3.8) is 0 Å². The maximum absolute atomic E-state index is 12.1. The maximum atomic E-state index is 12.1. The van der Waals surface area contributed by atoms with Crippen LogP contribution in [0.15, 0.2) is 18.2 Å². The average molecular weight is 326 g/mol. The van der Waals surface area contributed by atoms with Crippen LogP contribution in [-0.4, -0.2) is 26.9 Å². The van der Waals surface area contributed by atoms with E-state index in [2.05, 4.69) is 11.9 Å². The first-order valence-electron chi connectivity index (χ1n) is 7.17. The summed E-state index contributed by atoms with van der Waals surface area (Å²) in [6.07, 6.45) is 2.83. The molecule has 2 aromatic rings. The van der Waals surface area contributed by atoms with Gasteiger partial charge in [-0.05, 0) is 42.1 Å². The smallest absolute Gasteiger partial charge is 0.224 e. The van der Waals surface area contributed by atoms with Gasteiger partial charge in [0.2, 0.25) is 11.2 Å². The minimum atomic E-state index is 0.188. The Hall–Kier alpha value is -1.26. The molecule has 112 valence electrons. The molecule has 0 aliphatic carbocycles. The molecule has 4 nitrogen and oxygen atoms in total. The van der Waals surface area contributed by atoms with Crippen molar-refractivity contribution in [2.24, 2.45) is 5.92 Å². The van der Waals surface area contributed by atoms with Crippen LogP contribution in [0.3, 0.4) is 0 Å². The number of fused-ring (bicyclic) bond motifs is 1. The third kappa shape index (κ3) is 2.87. The van der Waals surface area contributed by atoms with Gasteiger partial charge >= 0.3 is 0 Å². The Morgan fingerprint density at radius 1 is 1.38 bits per heavy atom. The topological polar surface area (TPSA) is 38.1 Å². The molecule has 1 fully saturated rings. The fourth-order valence-corrected chi connectivity index (χ4v) is 3.37. The Balaban J connectivity index is 1.86. The summed E-state index contributed by atoms with van der Waals surface area (Å²) in [4.78, 5) is 18.3. The van der Waals surface area contributed by atoms with E-state index in [9.17, 15) is 4.79 Å². The van der Waals surface area contributed by atoms with Gasteiger partial charge in [0, 0.05) is 18.0 Å². The van der Waals surface area contributed by atoms with Crippen LogP contribution in [0.1, 0.15) is 26.2 Å². The van der Waals surface area contributed by atoms with Gasteiger partial charge in [0.25, 0.3) is 0 Å². The standard InChI is InChI=1S/C15H17Cl2N3O/c1-2-3-10-6-14(21)19(8-10)9-20-13-7-11(16)4-5-12(13)18-15(20)17/h4-5,7,10H,2-3,6,8-9H2,1H3. The lowest BCUT2D eigenvalue weighted by Gasteiger charge is -2.18.